The summed E-state index contributed by atoms with van der Waals surface area (Å²) in [7, 11) is 0. The smallest absolute Gasteiger partial charge is 0.384 e. The normalized spacial score (nSPS) is 11.6. The summed E-state index contributed by atoms with van der Waals surface area (Å²) in [5.74, 6) is 1.03. The van der Waals surface area contributed by atoms with Crippen molar-refractivity contribution < 1.29 is 13.2 Å². The average molecular weight is 328 g/mol. The minimum absolute atomic E-state index is 0.441. The second-order valence-electron chi connectivity index (χ2n) is 3.47. The molecule has 1 N–H and O–H groups in total. The van der Waals surface area contributed by atoms with Crippen LogP contribution in [0, 0.1) is 0 Å². The molecule has 17 heavy (non-hydrogen) atoms. The maximum Gasteiger partial charge on any atom is 0.416 e. The number of nitrogens with one attached hydrogen (secondary N) is 1. The van der Waals surface area contributed by atoms with E-state index in [1.807, 2.05) is 6.26 Å². The molecule has 1 nitrogen and oxygen atoms in total. The first kappa shape index (κ1) is 14.7. The molecular formula is C11H13BrF3NS. The van der Waals surface area contributed by atoms with Crippen LogP contribution < -0.4 is 5.32 Å². The van der Waals surface area contributed by atoms with Crippen molar-refractivity contribution in [3.8, 4) is 0 Å². The highest BCUT2D eigenvalue weighted by Crippen LogP contribution is 2.33. The van der Waals surface area contributed by atoms with Crippen LogP contribution in [-0.4, -0.2) is 18.6 Å². The summed E-state index contributed by atoms with van der Waals surface area (Å²) in [6.07, 6.45) is -1.29. The van der Waals surface area contributed by atoms with Crippen molar-refractivity contribution in [2.75, 3.05) is 23.9 Å². The lowest BCUT2D eigenvalue weighted by Crippen LogP contribution is -2.07. The monoisotopic (exact) mass is 327 g/mol. The van der Waals surface area contributed by atoms with Gasteiger partial charge in [-0.05, 0) is 52.6 Å². The third-order valence-electron chi connectivity index (χ3n) is 2.14. The van der Waals surface area contributed by atoms with Gasteiger partial charge in [0.05, 0.1) is 5.56 Å². The number of thioether (sulfide) groups is 1. The Labute approximate surface area is 111 Å². The third kappa shape index (κ3) is 4.79. The van der Waals surface area contributed by atoms with Crippen LogP contribution in [0.25, 0.3) is 0 Å². The zero-order valence-corrected chi connectivity index (χ0v) is 11.7. The summed E-state index contributed by atoms with van der Waals surface area (Å²) in [5, 5.41) is 3.10. The van der Waals surface area contributed by atoms with Crippen LogP contribution in [-0.2, 0) is 6.18 Å². The van der Waals surface area contributed by atoms with Crippen molar-refractivity contribution in [2.45, 2.75) is 12.6 Å². The van der Waals surface area contributed by atoms with Crippen LogP contribution in [0.3, 0.4) is 0 Å². The molecule has 0 spiro atoms. The Balaban J connectivity index is 2.64. The topological polar surface area (TPSA) is 12.0 Å². The Kier molecular flexibility index (Phi) is 5.66. The molecule has 96 valence electrons. The number of halogens is 4. The molecule has 0 aliphatic heterocycles. The maximum atomic E-state index is 12.4. The zero-order chi connectivity index (χ0) is 12.9. The maximum absolute atomic E-state index is 12.4. The van der Waals surface area contributed by atoms with Crippen LogP contribution >= 0.6 is 27.7 Å². The lowest BCUT2D eigenvalue weighted by atomic mass is 10.2. The second-order valence-corrected chi connectivity index (χ2v) is 5.31. The fraction of sp³-hybridized carbons (Fsp3) is 0.455. The Morgan fingerprint density at radius 3 is 2.59 bits per heavy atom. The molecule has 0 saturated heterocycles. The van der Waals surface area contributed by atoms with E-state index in [9.17, 15) is 13.2 Å². The SMILES string of the molecule is CSCCCNc1ccc(C(F)(F)F)cc1Br. The number of alkyl halides is 3. The first-order valence-electron chi connectivity index (χ1n) is 5.04. The van der Waals surface area contributed by atoms with E-state index in [1.54, 1.807) is 11.8 Å². The molecule has 0 amide bonds. The minimum Gasteiger partial charge on any atom is -0.384 e. The van der Waals surface area contributed by atoms with Gasteiger partial charge in [0.25, 0.3) is 0 Å². The predicted molar refractivity (Wildman–Crippen MR) is 70.6 cm³/mol. The van der Waals surface area contributed by atoms with Gasteiger partial charge in [-0.3, -0.25) is 0 Å². The van der Waals surface area contributed by atoms with Crippen molar-refractivity contribution in [3.05, 3.63) is 28.2 Å². The number of hydrogen-bond donors (Lipinski definition) is 1. The Morgan fingerprint density at radius 1 is 1.35 bits per heavy atom. The van der Waals surface area contributed by atoms with Crippen LogP contribution in [0.5, 0.6) is 0 Å². The number of rotatable bonds is 5. The van der Waals surface area contributed by atoms with E-state index in [2.05, 4.69) is 21.2 Å². The summed E-state index contributed by atoms with van der Waals surface area (Å²) >= 11 is 4.89. The number of benzene rings is 1. The molecule has 0 heterocycles. The summed E-state index contributed by atoms with van der Waals surface area (Å²) in [4.78, 5) is 0. The molecular weight excluding hydrogens is 315 g/mol. The van der Waals surface area contributed by atoms with Crippen LogP contribution in [0.2, 0.25) is 0 Å². The molecule has 1 rings (SSSR count). The van der Waals surface area contributed by atoms with Gasteiger partial charge in [0.15, 0.2) is 0 Å². The molecule has 0 aromatic heterocycles. The van der Waals surface area contributed by atoms with Crippen LogP contribution in [0.15, 0.2) is 22.7 Å². The molecule has 0 aliphatic rings. The molecule has 0 atom stereocenters. The molecule has 0 radical (unpaired) electrons. The summed E-state index contributed by atoms with van der Waals surface area (Å²) in [6, 6.07) is 3.63. The van der Waals surface area contributed by atoms with Gasteiger partial charge in [0, 0.05) is 16.7 Å². The molecule has 0 aliphatic carbocycles. The number of hydrogen-bond acceptors (Lipinski definition) is 2. The van der Waals surface area contributed by atoms with Crippen molar-refractivity contribution >= 4 is 33.4 Å². The minimum atomic E-state index is -4.29. The van der Waals surface area contributed by atoms with Crippen molar-refractivity contribution in [1.29, 1.82) is 0 Å². The zero-order valence-electron chi connectivity index (χ0n) is 9.27. The van der Waals surface area contributed by atoms with E-state index in [0.29, 0.717) is 10.2 Å². The predicted octanol–water partition coefficient (Wildman–Crippen LogP) is 4.63. The van der Waals surface area contributed by atoms with E-state index in [1.165, 1.54) is 6.07 Å². The highest BCUT2D eigenvalue weighted by Gasteiger charge is 2.30. The van der Waals surface area contributed by atoms with Gasteiger partial charge in [-0.25, -0.2) is 0 Å². The van der Waals surface area contributed by atoms with Gasteiger partial charge < -0.3 is 5.32 Å². The van der Waals surface area contributed by atoms with E-state index >= 15 is 0 Å². The average Bonchev–Trinajstić information content (AvgIpc) is 2.24. The van der Waals surface area contributed by atoms with Gasteiger partial charge in [0.1, 0.15) is 0 Å². The Morgan fingerprint density at radius 2 is 2.06 bits per heavy atom. The molecule has 6 heteroatoms. The van der Waals surface area contributed by atoms with E-state index in [0.717, 1.165) is 30.9 Å². The molecule has 1 aromatic carbocycles. The first-order chi connectivity index (χ1) is 7.95. The Hall–Kier alpha value is -0.360. The third-order valence-corrected chi connectivity index (χ3v) is 3.49. The van der Waals surface area contributed by atoms with Crippen molar-refractivity contribution in [3.63, 3.8) is 0 Å². The Bertz CT molecular complexity index is 368. The summed E-state index contributed by atoms with van der Waals surface area (Å²) < 4.78 is 37.7. The lowest BCUT2D eigenvalue weighted by molar-refractivity contribution is -0.137. The van der Waals surface area contributed by atoms with Crippen LogP contribution in [0.4, 0.5) is 18.9 Å². The highest BCUT2D eigenvalue weighted by atomic mass is 79.9. The van der Waals surface area contributed by atoms with Crippen LogP contribution in [0.1, 0.15) is 12.0 Å². The van der Waals surface area contributed by atoms with Crippen molar-refractivity contribution in [1.82, 2.24) is 0 Å². The molecule has 0 unspecified atom stereocenters. The van der Waals surface area contributed by atoms with Gasteiger partial charge in [-0.2, -0.15) is 24.9 Å². The largest absolute Gasteiger partial charge is 0.416 e. The first-order valence-corrected chi connectivity index (χ1v) is 7.23. The standard InChI is InChI=1S/C11H13BrF3NS/c1-17-6-2-5-16-10-4-3-8(7-9(10)12)11(13,14)15/h3-4,7,16H,2,5-6H2,1H3. The second kappa shape index (κ2) is 6.54. The van der Waals surface area contributed by atoms with E-state index in [4.69, 9.17) is 0 Å². The molecule has 0 saturated carbocycles. The van der Waals surface area contributed by atoms with E-state index in [-0.39, 0.29) is 0 Å². The fourth-order valence-electron chi connectivity index (χ4n) is 1.27. The molecule has 0 fully saturated rings. The van der Waals surface area contributed by atoms with Gasteiger partial charge >= 0.3 is 6.18 Å². The fourth-order valence-corrected chi connectivity index (χ4v) is 2.23. The lowest BCUT2D eigenvalue weighted by Gasteiger charge is -2.11. The molecule has 0 bridgehead atoms. The van der Waals surface area contributed by atoms with E-state index < -0.39 is 11.7 Å². The summed E-state index contributed by atoms with van der Waals surface area (Å²) in [5.41, 5.74) is 0.0538. The quantitative estimate of drug-likeness (QED) is 0.791. The summed E-state index contributed by atoms with van der Waals surface area (Å²) in [6.45, 7) is 0.755. The van der Waals surface area contributed by atoms with Crippen molar-refractivity contribution in [2.24, 2.45) is 0 Å². The highest BCUT2D eigenvalue weighted by molar-refractivity contribution is 9.10. The number of anilines is 1. The van der Waals surface area contributed by atoms with Gasteiger partial charge in [-0.15, -0.1) is 0 Å². The van der Waals surface area contributed by atoms with Gasteiger partial charge in [0.2, 0.25) is 0 Å². The molecule has 1 aromatic rings. The van der Waals surface area contributed by atoms with Gasteiger partial charge in [-0.1, -0.05) is 0 Å².